The van der Waals surface area contributed by atoms with Crippen LogP contribution in [0.15, 0.2) is 18.3 Å². The van der Waals surface area contributed by atoms with E-state index in [0.717, 1.165) is 18.7 Å². The van der Waals surface area contributed by atoms with Gasteiger partial charge in [0.15, 0.2) is 0 Å². The number of aliphatic carboxylic acids is 1. The summed E-state index contributed by atoms with van der Waals surface area (Å²) in [6.07, 6.45) is 3.68. The first-order valence-corrected chi connectivity index (χ1v) is 7.17. The molecular weight excluding hydrogens is 256 g/mol. The van der Waals surface area contributed by atoms with Crippen LogP contribution < -0.4 is 0 Å². The quantitative estimate of drug-likeness (QED) is 0.899. The molecule has 0 radical (unpaired) electrons. The van der Waals surface area contributed by atoms with Gasteiger partial charge >= 0.3 is 5.97 Å². The molecule has 20 heavy (non-hydrogen) atoms. The van der Waals surface area contributed by atoms with Crippen LogP contribution >= 0.6 is 0 Å². The van der Waals surface area contributed by atoms with E-state index in [1.165, 1.54) is 0 Å². The van der Waals surface area contributed by atoms with E-state index in [9.17, 15) is 9.59 Å². The smallest absolute Gasteiger partial charge is 0.303 e. The molecule has 1 saturated heterocycles. The SMILES string of the molecule is CC(C)n1cccc1C(=O)N1CCC(CCC(=O)O)C1. The first-order valence-electron chi connectivity index (χ1n) is 7.17. The number of aromatic nitrogens is 1. The lowest BCUT2D eigenvalue weighted by atomic mass is 10.0. The third-order valence-electron chi connectivity index (χ3n) is 3.89. The Hall–Kier alpha value is -1.78. The van der Waals surface area contributed by atoms with Gasteiger partial charge in [0.25, 0.3) is 5.91 Å². The fourth-order valence-electron chi connectivity index (χ4n) is 2.77. The molecule has 1 fully saturated rings. The predicted molar refractivity (Wildman–Crippen MR) is 75.7 cm³/mol. The molecule has 5 nitrogen and oxygen atoms in total. The lowest BCUT2D eigenvalue weighted by molar-refractivity contribution is -0.137. The van der Waals surface area contributed by atoms with Crippen molar-refractivity contribution in [1.82, 2.24) is 9.47 Å². The second-order valence-electron chi connectivity index (χ2n) is 5.73. The molecule has 0 aliphatic carbocycles. The summed E-state index contributed by atoms with van der Waals surface area (Å²) in [6.45, 7) is 5.51. The van der Waals surface area contributed by atoms with Crippen molar-refractivity contribution in [3.8, 4) is 0 Å². The van der Waals surface area contributed by atoms with Gasteiger partial charge in [-0.2, -0.15) is 0 Å². The molecule has 1 unspecified atom stereocenters. The summed E-state index contributed by atoms with van der Waals surface area (Å²) < 4.78 is 1.98. The topological polar surface area (TPSA) is 62.5 Å². The minimum absolute atomic E-state index is 0.0570. The van der Waals surface area contributed by atoms with Crippen molar-refractivity contribution >= 4 is 11.9 Å². The fourth-order valence-corrected chi connectivity index (χ4v) is 2.77. The Morgan fingerprint density at radius 1 is 1.45 bits per heavy atom. The van der Waals surface area contributed by atoms with Gasteiger partial charge in [-0.25, -0.2) is 0 Å². The molecule has 1 aromatic rings. The number of hydrogen-bond acceptors (Lipinski definition) is 2. The second kappa shape index (κ2) is 6.11. The summed E-state index contributed by atoms with van der Waals surface area (Å²) in [5.41, 5.74) is 0.721. The lowest BCUT2D eigenvalue weighted by Gasteiger charge is -2.19. The largest absolute Gasteiger partial charge is 0.481 e. The van der Waals surface area contributed by atoms with E-state index < -0.39 is 5.97 Å². The Balaban J connectivity index is 1.97. The Labute approximate surface area is 119 Å². The number of amides is 1. The van der Waals surface area contributed by atoms with Crippen molar-refractivity contribution in [1.29, 1.82) is 0 Å². The molecule has 2 rings (SSSR count). The molecule has 1 atom stereocenters. The van der Waals surface area contributed by atoms with Crippen LogP contribution in [0.1, 0.15) is 49.6 Å². The molecule has 0 spiro atoms. The Kier molecular flexibility index (Phi) is 4.47. The number of rotatable bonds is 5. The fraction of sp³-hybridized carbons (Fsp3) is 0.600. The number of carboxylic acids is 1. The monoisotopic (exact) mass is 278 g/mol. The van der Waals surface area contributed by atoms with E-state index in [1.807, 2.05) is 27.8 Å². The number of nitrogens with zero attached hydrogens (tertiary/aromatic N) is 2. The molecule has 1 aliphatic heterocycles. The molecular formula is C15H22N2O3. The van der Waals surface area contributed by atoms with E-state index in [-0.39, 0.29) is 18.4 Å². The molecule has 0 aromatic carbocycles. The van der Waals surface area contributed by atoms with E-state index in [2.05, 4.69) is 13.8 Å². The Morgan fingerprint density at radius 2 is 2.20 bits per heavy atom. The van der Waals surface area contributed by atoms with E-state index in [1.54, 1.807) is 0 Å². The van der Waals surface area contributed by atoms with Crippen molar-refractivity contribution in [3.63, 3.8) is 0 Å². The maximum atomic E-state index is 12.5. The molecule has 1 amide bonds. The van der Waals surface area contributed by atoms with Crippen LogP contribution in [0.2, 0.25) is 0 Å². The molecule has 2 heterocycles. The number of carboxylic acid groups (broad SMARTS) is 1. The zero-order valence-corrected chi connectivity index (χ0v) is 12.1. The van der Waals surface area contributed by atoms with Gasteiger partial charge < -0.3 is 14.6 Å². The summed E-state index contributed by atoms with van der Waals surface area (Å²) in [4.78, 5) is 24.9. The van der Waals surface area contributed by atoms with Crippen LogP contribution in [0.3, 0.4) is 0 Å². The van der Waals surface area contributed by atoms with Gasteiger partial charge in [0, 0.05) is 31.7 Å². The molecule has 0 bridgehead atoms. The molecule has 1 N–H and O–H groups in total. The highest BCUT2D eigenvalue weighted by molar-refractivity contribution is 5.93. The maximum absolute atomic E-state index is 12.5. The zero-order valence-electron chi connectivity index (χ0n) is 12.1. The number of carbonyl (C=O) groups excluding carboxylic acids is 1. The minimum Gasteiger partial charge on any atom is -0.481 e. The summed E-state index contributed by atoms with van der Waals surface area (Å²) in [5, 5.41) is 8.71. The van der Waals surface area contributed by atoms with Crippen molar-refractivity contribution in [2.24, 2.45) is 5.92 Å². The molecule has 0 saturated carbocycles. The summed E-state index contributed by atoms with van der Waals surface area (Å²) in [5.74, 6) is -0.387. The van der Waals surface area contributed by atoms with Gasteiger partial charge in [0.1, 0.15) is 5.69 Å². The van der Waals surface area contributed by atoms with Gasteiger partial charge in [-0.1, -0.05) is 0 Å². The highest BCUT2D eigenvalue weighted by atomic mass is 16.4. The normalized spacial score (nSPS) is 18.8. The van der Waals surface area contributed by atoms with Crippen LogP contribution in [-0.4, -0.2) is 39.5 Å². The predicted octanol–water partition coefficient (Wildman–Crippen LogP) is 2.40. The average molecular weight is 278 g/mol. The third-order valence-corrected chi connectivity index (χ3v) is 3.89. The zero-order chi connectivity index (χ0) is 14.7. The van der Waals surface area contributed by atoms with Gasteiger partial charge in [-0.15, -0.1) is 0 Å². The summed E-state index contributed by atoms with van der Waals surface area (Å²) >= 11 is 0. The number of hydrogen-bond donors (Lipinski definition) is 1. The van der Waals surface area contributed by atoms with Crippen LogP contribution in [0.4, 0.5) is 0 Å². The average Bonchev–Trinajstić information content (AvgIpc) is 3.04. The summed E-state index contributed by atoms with van der Waals surface area (Å²) in [6, 6.07) is 4.01. The third kappa shape index (κ3) is 3.21. The Morgan fingerprint density at radius 3 is 2.85 bits per heavy atom. The first-order chi connectivity index (χ1) is 9.49. The maximum Gasteiger partial charge on any atom is 0.303 e. The second-order valence-corrected chi connectivity index (χ2v) is 5.73. The first kappa shape index (κ1) is 14.6. The highest BCUT2D eigenvalue weighted by Gasteiger charge is 2.28. The Bertz CT molecular complexity index is 493. The van der Waals surface area contributed by atoms with Gasteiger partial charge in [0.05, 0.1) is 0 Å². The van der Waals surface area contributed by atoms with Crippen molar-refractivity contribution < 1.29 is 14.7 Å². The molecule has 1 aromatic heterocycles. The van der Waals surface area contributed by atoms with Crippen LogP contribution in [0, 0.1) is 5.92 Å². The van der Waals surface area contributed by atoms with E-state index in [4.69, 9.17) is 5.11 Å². The van der Waals surface area contributed by atoms with Crippen LogP contribution in [-0.2, 0) is 4.79 Å². The summed E-state index contributed by atoms with van der Waals surface area (Å²) in [7, 11) is 0. The molecule has 110 valence electrons. The van der Waals surface area contributed by atoms with Gasteiger partial charge in [-0.05, 0) is 44.7 Å². The lowest BCUT2D eigenvalue weighted by Crippen LogP contribution is -2.30. The van der Waals surface area contributed by atoms with Crippen LogP contribution in [0.25, 0.3) is 0 Å². The number of likely N-dealkylation sites (tertiary alicyclic amines) is 1. The standard InChI is InChI=1S/C15H22N2O3/c1-11(2)17-8-3-4-13(17)15(20)16-9-7-12(10-16)5-6-14(18)19/h3-4,8,11-12H,5-7,9-10H2,1-2H3,(H,18,19). The molecule has 5 heteroatoms. The highest BCUT2D eigenvalue weighted by Crippen LogP contribution is 2.23. The van der Waals surface area contributed by atoms with E-state index in [0.29, 0.717) is 18.9 Å². The van der Waals surface area contributed by atoms with E-state index >= 15 is 0 Å². The van der Waals surface area contributed by atoms with Crippen molar-refractivity contribution in [3.05, 3.63) is 24.0 Å². The van der Waals surface area contributed by atoms with Gasteiger partial charge in [0.2, 0.25) is 0 Å². The van der Waals surface area contributed by atoms with Crippen molar-refractivity contribution in [2.45, 2.75) is 39.2 Å². The number of carbonyl (C=O) groups is 2. The minimum atomic E-state index is -0.761. The molecule has 1 aliphatic rings. The van der Waals surface area contributed by atoms with Crippen LogP contribution in [0.5, 0.6) is 0 Å². The van der Waals surface area contributed by atoms with Crippen molar-refractivity contribution in [2.75, 3.05) is 13.1 Å². The van der Waals surface area contributed by atoms with Gasteiger partial charge in [-0.3, -0.25) is 9.59 Å².